The van der Waals surface area contributed by atoms with Crippen molar-refractivity contribution in [1.29, 1.82) is 5.26 Å². The van der Waals surface area contributed by atoms with Crippen LogP contribution in [0.2, 0.25) is 0 Å². The first-order valence-corrected chi connectivity index (χ1v) is 8.13. The molecule has 3 unspecified atom stereocenters. The average Bonchev–Trinajstić information content (AvgIpc) is 3.25. The predicted octanol–water partition coefficient (Wildman–Crippen LogP) is 1.68. The van der Waals surface area contributed by atoms with Gasteiger partial charge in [0.1, 0.15) is 5.54 Å². The highest BCUT2D eigenvalue weighted by Crippen LogP contribution is 2.40. The van der Waals surface area contributed by atoms with Crippen molar-refractivity contribution < 1.29 is 0 Å². The summed E-state index contributed by atoms with van der Waals surface area (Å²) in [7, 11) is 2.21. The van der Waals surface area contributed by atoms with Gasteiger partial charge in [-0.05, 0) is 52.6 Å². The molecule has 0 aromatic rings. The number of nitrogens with zero attached hydrogens (tertiary/aromatic N) is 3. The quantitative estimate of drug-likeness (QED) is 0.803. The van der Waals surface area contributed by atoms with Crippen LogP contribution in [0.25, 0.3) is 0 Å². The van der Waals surface area contributed by atoms with Gasteiger partial charge < -0.3 is 0 Å². The number of likely N-dealkylation sites (N-methyl/N-ethyl adjacent to an activating group) is 1. The van der Waals surface area contributed by atoms with E-state index in [4.69, 9.17) is 0 Å². The minimum Gasteiger partial charge on any atom is -0.298 e. The van der Waals surface area contributed by atoms with Gasteiger partial charge >= 0.3 is 0 Å². The van der Waals surface area contributed by atoms with Gasteiger partial charge in [-0.15, -0.1) is 0 Å². The van der Waals surface area contributed by atoms with Crippen molar-refractivity contribution in [3.05, 3.63) is 0 Å². The molecule has 1 aliphatic carbocycles. The second-order valence-corrected chi connectivity index (χ2v) is 6.84. The van der Waals surface area contributed by atoms with Crippen molar-refractivity contribution in [2.75, 3.05) is 33.2 Å². The Morgan fingerprint density at radius 1 is 1.25 bits per heavy atom. The van der Waals surface area contributed by atoms with Crippen LogP contribution in [0, 0.1) is 17.2 Å². The molecule has 1 saturated heterocycles. The van der Waals surface area contributed by atoms with Gasteiger partial charge in [0.2, 0.25) is 0 Å². The fraction of sp³-hybridized carbons (Fsp3) is 0.938. The van der Waals surface area contributed by atoms with Crippen molar-refractivity contribution in [3.8, 4) is 6.07 Å². The highest BCUT2D eigenvalue weighted by atomic mass is 15.3. The van der Waals surface area contributed by atoms with Gasteiger partial charge in [0.05, 0.1) is 6.07 Å². The van der Waals surface area contributed by atoms with Crippen molar-refractivity contribution in [1.82, 2.24) is 15.1 Å². The van der Waals surface area contributed by atoms with E-state index < -0.39 is 0 Å². The molecule has 20 heavy (non-hydrogen) atoms. The Bertz CT molecular complexity index is 348. The molecule has 0 amide bonds. The van der Waals surface area contributed by atoms with Crippen LogP contribution >= 0.6 is 0 Å². The molecular weight excluding hydrogens is 248 g/mol. The number of hydrogen-bond donors (Lipinski definition) is 1. The fourth-order valence-corrected chi connectivity index (χ4v) is 3.42. The molecule has 1 aliphatic heterocycles. The second kappa shape index (κ2) is 6.43. The van der Waals surface area contributed by atoms with E-state index in [1.807, 2.05) is 0 Å². The van der Waals surface area contributed by atoms with Gasteiger partial charge in [-0.2, -0.15) is 5.26 Å². The third kappa shape index (κ3) is 3.33. The zero-order chi connectivity index (χ0) is 14.8. The van der Waals surface area contributed by atoms with E-state index in [9.17, 15) is 5.26 Å². The first-order chi connectivity index (χ1) is 9.52. The van der Waals surface area contributed by atoms with E-state index in [1.54, 1.807) is 0 Å². The molecule has 1 N–H and O–H groups in total. The molecule has 2 aliphatic rings. The maximum Gasteiger partial charge on any atom is 0.122 e. The molecule has 0 aromatic carbocycles. The average molecular weight is 278 g/mol. The number of nitriles is 1. The zero-order valence-electron chi connectivity index (χ0n) is 13.5. The number of nitrogens with one attached hydrogen (secondary N) is 1. The Balaban J connectivity index is 2.02. The van der Waals surface area contributed by atoms with Crippen LogP contribution in [-0.4, -0.2) is 60.6 Å². The van der Waals surface area contributed by atoms with Gasteiger partial charge in [0.25, 0.3) is 0 Å². The summed E-state index contributed by atoms with van der Waals surface area (Å²) in [5.41, 5.74) is -0.314. The van der Waals surface area contributed by atoms with E-state index in [0.717, 1.165) is 32.6 Å². The van der Waals surface area contributed by atoms with Crippen LogP contribution in [0.15, 0.2) is 0 Å². The van der Waals surface area contributed by atoms with Gasteiger partial charge in [-0.1, -0.05) is 6.92 Å². The zero-order valence-corrected chi connectivity index (χ0v) is 13.5. The summed E-state index contributed by atoms with van der Waals surface area (Å²) in [5.74, 6) is 0.560. The van der Waals surface area contributed by atoms with Crippen molar-refractivity contribution in [2.24, 2.45) is 5.92 Å². The number of hydrogen-bond acceptors (Lipinski definition) is 4. The SMILES string of the molecule is CCCNC(C#N)(CN1CC(C)N(C)C(C)C1)C1CC1. The van der Waals surface area contributed by atoms with Gasteiger partial charge in [-0.25, -0.2) is 0 Å². The van der Waals surface area contributed by atoms with Crippen LogP contribution in [-0.2, 0) is 0 Å². The Morgan fingerprint density at radius 2 is 1.85 bits per heavy atom. The molecule has 0 bridgehead atoms. The van der Waals surface area contributed by atoms with E-state index in [2.05, 4.69) is 49.0 Å². The van der Waals surface area contributed by atoms with Crippen molar-refractivity contribution in [3.63, 3.8) is 0 Å². The Morgan fingerprint density at radius 3 is 2.30 bits per heavy atom. The summed E-state index contributed by atoms with van der Waals surface area (Å²) in [6.45, 7) is 10.7. The summed E-state index contributed by atoms with van der Waals surface area (Å²) < 4.78 is 0. The topological polar surface area (TPSA) is 42.3 Å². The highest BCUT2D eigenvalue weighted by molar-refractivity contribution is 5.17. The molecule has 3 atom stereocenters. The molecule has 4 heteroatoms. The van der Waals surface area contributed by atoms with Gasteiger partial charge in [-0.3, -0.25) is 15.1 Å². The summed E-state index contributed by atoms with van der Waals surface area (Å²) in [4.78, 5) is 4.95. The van der Waals surface area contributed by atoms with Crippen LogP contribution in [0.3, 0.4) is 0 Å². The highest BCUT2D eigenvalue weighted by Gasteiger charge is 2.47. The van der Waals surface area contributed by atoms with Gasteiger partial charge in [0.15, 0.2) is 0 Å². The molecule has 0 radical (unpaired) electrons. The lowest BCUT2D eigenvalue weighted by Crippen LogP contribution is -2.61. The molecular formula is C16H30N4. The fourth-order valence-electron chi connectivity index (χ4n) is 3.42. The third-order valence-corrected chi connectivity index (χ3v) is 5.07. The van der Waals surface area contributed by atoms with E-state index in [-0.39, 0.29) is 5.54 Å². The molecule has 0 spiro atoms. The van der Waals surface area contributed by atoms with Crippen molar-refractivity contribution in [2.45, 2.75) is 57.7 Å². The summed E-state index contributed by atoms with van der Waals surface area (Å²) >= 11 is 0. The van der Waals surface area contributed by atoms with E-state index in [0.29, 0.717) is 18.0 Å². The van der Waals surface area contributed by atoms with Crippen LogP contribution in [0.4, 0.5) is 0 Å². The Hall–Kier alpha value is -0.630. The largest absolute Gasteiger partial charge is 0.298 e. The number of rotatable bonds is 6. The third-order valence-electron chi connectivity index (χ3n) is 5.07. The van der Waals surface area contributed by atoms with Crippen molar-refractivity contribution >= 4 is 0 Å². The number of piperazine rings is 1. The molecule has 1 heterocycles. The van der Waals surface area contributed by atoms with Gasteiger partial charge in [0, 0.05) is 31.7 Å². The molecule has 2 rings (SSSR count). The lowest BCUT2D eigenvalue weighted by molar-refractivity contribution is 0.0453. The molecule has 0 aromatic heterocycles. The molecule has 1 saturated carbocycles. The minimum absolute atomic E-state index is 0.314. The first kappa shape index (κ1) is 15.8. The lowest BCUT2D eigenvalue weighted by Gasteiger charge is -2.45. The molecule has 4 nitrogen and oxygen atoms in total. The predicted molar refractivity (Wildman–Crippen MR) is 82.5 cm³/mol. The van der Waals surface area contributed by atoms with Crippen LogP contribution in [0.1, 0.15) is 40.0 Å². The summed E-state index contributed by atoms with van der Waals surface area (Å²) in [6, 6.07) is 3.77. The minimum atomic E-state index is -0.314. The first-order valence-electron chi connectivity index (χ1n) is 8.13. The van der Waals surface area contributed by atoms with Crippen LogP contribution < -0.4 is 5.32 Å². The summed E-state index contributed by atoms with van der Waals surface area (Å²) in [6.07, 6.45) is 3.51. The van der Waals surface area contributed by atoms with E-state index in [1.165, 1.54) is 12.8 Å². The molecule has 2 fully saturated rings. The Kier molecular flexibility index (Phi) is 5.06. The maximum absolute atomic E-state index is 9.78. The maximum atomic E-state index is 9.78. The monoisotopic (exact) mass is 278 g/mol. The van der Waals surface area contributed by atoms with E-state index >= 15 is 0 Å². The molecule has 114 valence electrons. The smallest absolute Gasteiger partial charge is 0.122 e. The standard InChI is InChI=1S/C16H30N4/c1-5-8-18-16(11-17,15-6-7-15)12-20-9-13(2)19(4)14(3)10-20/h13-15,18H,5-10,12H2,1-4H3. The normalized spacial score (nSPS) is 31.8. The van der Waals surface area contributed by atoms with Crippen LogP contribution in [0.5, 0.6) is 0 Å². The summed E-state index contributed by atoms with van der Waals surface area (Å²) in [5, 5.41) is 13.3. The second-order valence-electron chi connectivity index (χ2n) is 6.84. The lowest BCUT2D eigenvalue weighted by atomic mass is 9.92. The Labute approximate surface area is 124 Å².